The Morgan fingerprint density at radius 2 is 1.71 bits per heavy atom. The molecule has 312 valence electrons. The number of rotatable bonds is 12. The second-order valence-electron chi connectivity index (χ2n) is 16.6. The molecule has 1 unspecified atom stereocenters. The molecule has 0 radical (unpaired) electrons. The third kappa shape index (κ3) is 9.64. The summed E-state index contributed by atoms with van der Waals surface area (Å²) in [5.74, 6) is -0.662. The number of nitriles is 1. The summed E-state index contributed by atoms with van der Waals surface area (Å²) in [4.78, 5) is 55.7. The number of ether oxygens (including phenoxy) is 1. The lowest BCUT2D eigenvalue weighted by Gasteiger charge is -2.42. The van der Waals surface area contributed by atoms with Crippen LogP contribution in [0.15, 0.2) is 42.5 Å². The lowest BCUT2D eigenvalue weighted by molar-refractivity contribution is -0.138. The number of thiocarbonyl (C=S) groups is 1. The summed E-state index contributed by atoms with van der Waals surface area (Å²) >= 11 is 5.76. The van der Waals surface area contributed by atoms with Crippen molar-refractivity contribution in [1.29, 1.82) is 5.26 Å². The maximum absolute atomic E-state index is 13.7. The molecule has 4 atom stereocenters. The van der Waals surface area contributed by atoms with Gasteiger partial charge < -0.3 is 20.3 Å². The molecule has 0 spiro atoms. The zero-order chi connectivity index (χ0) is 41.9. The van der Waals surface area contributed by atoms with Crippen LogP contribution in [0.25, 0.3) is 0 Å². The number of alkyl halides is 3. The summed E-state index contributed by atoms with van der Waals surface area (Å²) in [7, 11) is 0. The maximum Gasteiger partial charge on any atom is 0.417 e. The van der Waals surface area contributed by atoms with Crippen molar-refractivity contribution < 1.29 is 37.1 Å². The Labute approximate surface area is 342 Å². The Hall–Kier alpha value is -4.59. The van der Waals surface area contributed by atoms with Gasteiger partial charge in [0.25, 0.3) is 5.91 Å². The third-order valence-electron chi connectivity index (χ3n) is 12.1. The molecule has 1 aliphatic carbocycles. The zero-order valence-corrected chi connectivity index (χ0v) is 34.2. The molecule has 3 aliphatic heterocycles. The number of likely N-dealkylation sites (tertiary alicyclic amines) is 1. The van der Waals surface area contributed by atoms with Crippen molar-refractivity contribution in [3.05, 3.63) is 53.6 Å². The predicted octanol–water partition coefficient (Wildman–Crippen LogP) is 6.74. The van der Waals surface area contributed by atoms with E-state index in [9.17, 15) is 37.6 Å². The van der Waals surface area contributed by atoms with Gasteiger partial charge in [-0.25, -0.2) is 0 Å². The molecule has 3 N–H and O–H groups in total. The van der Waals surface area contributed by atoms with Crippen LogP contribution in [-0.4, -0.2) is 87.5 Å². The van der Waals surface area contributed by atoms with E-state index < -0.39 is 34.8 Å². The molecular formula is C42H52F3N7O5S. The molecule has 1 saturated carbocycles. The minimum Gasteiger partial charge on any atom is -0.378 e. The summed E-state index contributed by atoms with van der Waals surface area (Å²) in [6.45, 7) is 8.63. The number of hydrogen-bond donors (Lipinski definition) is 3. The highest BCUT2D eigenvalue weighted by Gasteiger charge is 2.52. The number of benzene rings is 2. The van der Waals surface area contributed by atoms with Crippen molar-refractivity contribution in [3.8, 4) is 6.07 Å². The first-order chi connectivity index (χ1) is 27.5. The molecule has 2 aromatic rings. The largest absolute Gasteiger partial charge is 0.417 e. The summed E-state index contributed by atoms with van der Waals surface area (Å²) in [5, 5.41) is 17.9. The average Bonchev–Trinajstić information content (AvgIpc) is 3.34. The molecule has 3 heterocycles. The fourth-order valence-corrected chi connectivity index (χ4v) is 9.63. The lowest BCUT2D eigenvalue weighted by atomic mass is 9.82. The van der Waals surface area contributed by atoms with Gasteiger partial charge in [0.2, 0.25) is 17.7 Å². The fraction of sp³-hybridized carbons (Fsp3) is 0.571. The molecule has 0 aromatic heterocycles. The zero-order valence-electron chi connectivity index (χ0n) is 33.4. The number of amides is 4. The van der Waals surface area contributed by atoms with Gasteiger partial charge in [0.15, 0.2) is 5.11 Å². The van der Waals surface area contributed by atoms with Crippen molar-refractivity contribution in [1.82, 2.24) is 15.1 Å². The van der Waals surface area contributed by atoms with Crippen molar-refractivity contribution in [2.24, 2.45) is 5.92 Å². The number of piperidine rings is 2. The maximum atomic E-state index is 13.7. The van der Waals surface area contributed by atoms with E-state index in [2.05, 4.69) is 34.7 Å². The topological polar surface area (TPSA) is 147 Å². The van der Waals surface area contributed by atoms with E-state index in [1.165, 1.54) is 11.0 Å². The summed E-state index contributed by atoms with van der Waals surface area (Å²) < 4.78 is 47.6. The van der Waals surface area contributed by atoms with Crippen LogP contribution in [0.4, 0.5) is 30.2 Å². The quantitative estimate of drug-likeness (QED) is 0.120. The monoisotopic (exact) mass is 823 g/mol. The number of hydrogen-bond acceptors (Lipinski definition) is 9. The van der Waals surface area contributed by atoms with Gasteiger partial charge >= 0.3 is 6.18 Å². The molecule has 3 saturated heterocycles. The number of anilines is 3. The van der Waals surface area contributed by atoms with Crippen molar-refractivity contribution in [3.63, 3.8) is 0 Å². The third-order valence-corrected chi connectivity index (χ3v) is 12.5. The molecule has 4 aliphatic rings. The smallest absolute Gasteiger partial charge is 0.378 e. The number of halogens is 3. The first kappa shape index (κ1) is 43.0. The Morgan fingerprint density at radius 1 is 1.02 bits per heavy atom. The van der Waals surface area contributed by atoms with Gasteiger partial charge in [-0.05, 0) is 140 Å². The van der Waals surface area contributed by atoms with E-state index in [1.54, 1.807) is 38.1 Å². The number of imide groups is 1. The summed E-state index contributed by atoms with van der Waals surface area (Å²) in [6.07, 6.45) is 3.08. The first-order valence-electron chi connectivity index (χ1n) is 20.1. The number of nitrogens with one attached hydrogen (secondary N) is 3. The molecule has 16 heteroatoms. The molecule has 58 heavy (non-hydrogen) atoms. The first-order valence-corrected chi connectivity index (χ1v) is 20.5. The Kier molecular flexibility index (Phi) is 13.1. The van der Waals surface area contributed by atoms with Gasteiger partial charge in [0.05, 0.1) is 35.5 Å². The normalized spacial score (nSPS) is 26.7. The van der Waals surface area contributed by atoms with Gasteiger partial charge in [-0.1, -0.05) is 6.07 Å². The Bertz CT molecular complexity index is 1930. The molecule has 4 fully saturated rings. The van der Waals surface area contributed by atoms with Crippen molar-refractivity contribution in [2.75, 3.05) is 28.7 Å². The van der Waals surface area contributed by atoms with E-state index in [0.717, 1.165) is 63.5 Å². The van der Waals surface area contributed by atoms with Gasteiger partial charge in [-0.2, -0.15) is 18.4 Å². The second kappa shape index (κ2) is 17.7. The van der Waals surface area contributed by atoms with Crippen LogP contribution in [0.2, 0.25) is 0 Å². The average molecular weight is 824 g/mol. The van der Waals surface area contributed by atoms with Crippen LogP contribution < -0.4 is 20.9 Å². The molecule has 6 rings (SSSR count). The van der Waals surface area contributed by atoms with E-state index in [1.807, 2.05) is 11.0 Å². The molecular weight excluding hydrogens is 772 g/mol. The van der Waals surface area contributed by atoms with Crippen molar-refractivity contribution >= 4 is 58.0 Å². The van der Waals surface area contributed by atoms with Crippen LogP contribution >= 0.6 is 12.2 Å². The van der Waals surface area contributed by atoms with Crippen LogP contribution in [0.5, 0.6) is 0 Å². The number of nitrogens with zero attached hydrogens (tertiary/aromatic N) is 4. The van der Waals surface area contributed by atoms with Crippen LogP contribution in [0.1, 0.15) is 103 Å². The molecule has 0 bridgehead atoms. The van der Waals surface area contributed by atoms with Gasteiger partial charge in [0, 0.05) is 42.5 Å². The molecule has 4 amide bonds. The Balaban J connectivity index is 0.919. The van der Waals surface area contributed by atoms with Crippen LogP contribution in [0, 0.1) is 17.2 Å². The van der Waals surface area contributed by atoms with Gasteiger partial charge in [-0.3, -0.25) is 34.3 Å². The Morgan fingerprint density at radius 3 is 2.36 bits per heavy atom. The SMILES string of the molecule is C[C@@H]1C[C@H](OCCC[C@H]2CC[C@H](N3C(=S)N(c4ccc(C#N)c(C(F)(F)F)c4)C(=O)C3(C)C)CC2)C[C@H](C)N1CC(=O)Nc1cccc(NC2CCC(=O)NC2=O)c1. The number of carbonyl (C=O) groups is 4. The number of carbonyl (C=O) groups excluding carboxylic acids is 4. The fourth-order valence-electron chi connectivity index (χ4n) is 9.06. The summed E-state index contributed by atoms with van der Waals surface area (Å²) in [6, 6.07) is 11.8. The van der Waals surface area contributed by atoms with Crippen molar-refractivity contribution in [2.45, 2.75) is 134 Å². The summed E-state index contributed by atoms with van der Waals surface area (Å²) in [5.41, 5.74) is -1.34. The molecule has 12 nitrogen and oxygen atoms in total. The van der Waals surface area contributed by atoms with Gasteiger partial charge in [-0.15, -0.1) is 0 Å². The standard InChI is InChI=1S/C42H52F3N7O5S/c1-25-19-33(20-26(2)50(25)24-37(54)48-30-9-5-8-29(21-30)47-35-16-17-36(53)49-38(35)55)57-18-6-7-27-10-13-31(14-11-27)52-40(58)51(39(56)41(52,3)4)32-15-12-28(23-46)34(22-32)42(43,44)45/h5,8-9,12,15,21-22,25-27,31,33,35,47H,6-7,10-11,13-14,16-20,24H2,1-4H3,(H,48,54)(H,49,53,55)/t25-,26+,27-,31-,33+,35?. The van der Waals surface area contributed by atoms with Crippen LogP contribution in [0.3, 0.4) is 0 Å². The van der Waals surface area contributed by atoms with E-state index in [0.29, 0.717) is 30.3 Å². The highest BCUT2D eigenvalue weighted by Crippen LogP contribution is 2.41. The van der Waals surface area contributed by atoms with E-state index in [-0.39, 0.29) is 65.7 Å². The minimum atomic E-state index is -4.75. The van der Waals surface area contributed by atoms with E-state index >= 15 is 0 Å². The lowest BCUT2D eigenvalue weighted by Crippen LogP contribution is -2.51. The minimum absolute atomic E-state index is 0.00614. The van der Waals surface area contributed by atoms with E-state index in [4.69, 9.17) is 17.0 Å². The predicted molar refractivity (Wildman–Crippen MR) is 217 cm³/mol. The highest BCUT2D eigenvalue weighted by atomic mass is 32.1. The van der Waals surface area contributed by atoms with Gasteiger partial charge in [0.1, 0.15) is 11.6 Å². The molecule has 2 aromatic carbocycles. The highest BCUT2D eigenvalue weighted by molar-refractivity contribution is 7.80. The van der Waals surface area contributed by atoms with Crippen LogP contribution in [-0.2, 0) is 30.1 Å². The second-order valence-corrected chi connectivity index (χ2v) is 17.0.